The summed E-state index contributed by atoms with van der Waals surface area (Å²) in [6, 6.07) is -0.930. The zero-order chi connectivity index (χ0) is 19.5. The van der Waals surface area contributed by atoms with Crippen LogP contribution in [0.1, 0.15) is 39.0 Å². The molecule has 1 saturated heterocycles. The first-order valence-electron chi connectivity index (χ1n) is 8.76. The molecule has 148 valence electrons. The van der Waals surface area contributed by atoms with Crippen molar-refractivity contribution in [1.29, 1.82) is 5.41 Å². The number of hydrazine groups is 1. The molecular formula is C15H28N6O5. The fourth-order valence-corrected chi connectivity index (χ4v) is 2.93. The quantitative estimate of drug-likeness (QED) is 0.100. The largest absolute Gasteiger partial charge is 0.466 e. The number of nitrogens with two attached hydrogens (primary N) is 1. The van der Waals surface area contributed by atoms with Crippen LogP contribution < -0.4 is 16.5 Å². The van der Waals surface area contributed by atoms with E-state index in [0.29, 0.717) is 51.9 Å². The molecule has 5 N–H and O–H groups in total. The molecule has 1 aliphatic heterocycles. The monoisotopic (exact) mass is 372 g/mol. The van der Waals surface area contributed by atoms with Gasteiger partial charge in [0.15, 0.2) is 17.0 Å². The number of rotatable bonds is 10. The lowest BCUT2D eigenvalue weighted by atomic mass is 9.93. The van der Waals surface area contributed by atoms with Gasteiger partial charge < -0.3 is 20.7 Å². The highest BCUT2D eigenvalue weighted by Gasteiger charge is 2.31. The zero-order valence-electron chi connectivity index (χ0n) is 15.0. The van der Waals surface area contributed by atoms with Gasteiger partial charge in [-0.15, -0.1) is 5.43 Å². The molecule has 1 amide bonds. The highest BCUT2D eigenvalue weighted by atomic mass is 16.7. The van der Waals surface area contributed by atoms with E-state index >= 15 is 0 Å². The maximum absolute atomic E-state index is 12.6. The normalized spacial score (nSPS) is 15.8. The smallest absolute Gasteiger partial charge is 0.306 e. The number of esters is 1. The van der Waals surface area contributed by atoms with Gasteiger partial charge in [0.1, 0.15) is 0 Å². The molecule has 0 radical (unpaired) electrons. The van der Waals surface area contributed by atoms with Gasteiger partial charge in [-0.05, 0) is 38.5 Å². The van der Waals surface area contributed by atoms with Crippen molar-refractivity contribution >= 4 is 17.8 Å². The Bertz CT molecular complexity index is 507. The number of amides is 1. The molecule has 0 unspecified atom stereocenters. The lowest BCUT2D eigenvalue weighted by molar-refractivity contribution is -0.548. The minimum atomic E-state index is -0.930. The molecule has 0 saturated carbocycles. The van der Waals surface area contributed by atoms with Crippen LogP contribution in [-0.4, -0.2) is 60.1 Å². The van der Waals surface area contributed by atoms with E-state index in [1.165, 1.54) is 0 Å². The Hall–Kier alpha value is -2.59. The Morgan fingerprint density at radius 2 is 2.08 bits per heavy atom. The third kappa shape index (κ3) is 7.99. The second-order valence-corrected chi connectivity index (χ2v) is 6.20. The number of guanidine groups is 1. The summed E-state index contributed by atoms with van der Waals surface area (Å²) < 4.78 is 4.94. The van der Waals surface area contributed by atoms with Crippen LogP contribution in [0.4, 0.5) is 0 Å². The van der Waals surface area contributed by atoms with Crippen molar-refractivity contribution in [1.82, 2.24) is 15.6 Å². The summed E-state index contributed by atoms with van der Waals surface area (Å²) in [5, 5.41) is 19.7. The Labute approximate surface area is 152 Å². The molecule has 0 aliphatic carbocycles. The van der Waals surface area contributed by atoms with Gasteiger partial charge in [0.25, 0.3) is 5.91 Å². The van der Waals surface area contributed by atoms with E-state index in [4.69, 9.17) is 15.9 Å². The van der Waals surface area contributed by atoms with Crippen molar-refractivity contribution in [2.24, 2.45) is 11.7 Å². The molecule has 26 heavy (non-hydrogen) atoms. The number of nitro groups is 1. The Morgan fingerprint density at radius 3 is 2.62 bits per heavy atom. The predicted octanol–water partition coefficient (Wildman–Crippen LogP) is -0.409. The maximum Gasteiger partial charge on any atom is 0.306 e. The molecule has 1 atom stereocenters. The van der Waals surface area contributed by atoms with E-state index in [9.17, 15) is 19.7 Å². The molecule has 11 heteroatoms. The third-order valence-electron chi connectivity index (χ3n) is 4.23. The summed E-state index contributed by atoms with van der Waals surface area (Å²) in [7, 11) is 0. The minimum absolute atomic E-state index is 0.166. The first-order chi connectivity index (χ1) is 12.3. The van der Waals surface area contributed by atoms with Crippen LogP contribution in [0.25, 0.3) is 0 Å². The summed E-state index contributed by atoms with van der Waals surface area (Å²) in [5.74, 6) is -0.569. The molecule has 1 aliphatic rings. The van der Waals surface area contributed by atoms with Crippen LogP contribution in [0.15, 0.2) is 0 Å². The molecule has 0 spiro atoms. The average molecular weight is 372 g/mol. The zero-order valence-corrected chi connectivity index (χ0v) is 15.0. The van der Waals surface area contributed by atoms with Gasteiger partial charge in [-0.2, -0.15) is 0 Å². The number of carbonyl (C=O) groups excluding carboxylic acids is 2. The number of hydrogen-bond acceptors (Lipinski definition) is 6. The van der Waals surface area contributed by atoms with Gasteiger partial charge >= 0.3 is 5.97 Å². The van der Waals surface area contributed by atoms with E-state index in [1.54, 1.807) is 11.8 Å². The Balaban J connectivity index is 2.48. The van der Waals surface area contributed by atoms with Crippen molar-refractivity contribution in [3.63, 3.8) is 0 Å². The number of ether oxygens (including phenoxy) is 1. The Morgan fingerprint density at radius 1 is 1.42 bits per heavy atom. The van der Waals surface area contributed by atoms with Crippen LogP contribution in [0, 0.1) is 21.4 Å². The van der Waals surface area contributed by atoms with Crippen LogP contribution in [-0.2, 0) is 14.3 Å². The minimum Gasteiger partial charge on any atom is -0.466 e. The molecule has 0 bridgehead atoms. The average Bonchev–Trinajstić information content (AvgIpc) is 2.57. The lowest BCUT2D eigenvalue weighted by Crippen LogP contribution is -2.51. The summed E-state index contributed by atoms with van der Waals surface area (Å²) in [6.45, 7) is 3.39. The standard InChI is InChI=1S/C15H28N6O5/c1-2-26-13(22)10-11-5-8-20(9-6-11)14(23)12(19-21(24)25)4-3-7-18-15(16)17/h11-12,19H,2-10H2,1H3,(H4,16,17,18)/t12-/m0/s1. The third-order valence-corrected chi connectivity index (χ3v) is 4.23. The number of piperidine rings is 1. The maximum atomic E-state index is 12.6. The van der Waals surface area contributed by atoms with Gasteiger partial charge in [0.05, 0.1) is 6.61 Å². The van der Waals surface area contributed by atoms with Gasteiger partial charge in [0.2, 0.25) is 0 Å². The van der Waals surface area contributed by atoms with Crippen LogP contribution >= 0.6 is 0 Å². The van der Waals surface area contributed by atoms with Gasteiger partial charge in [-0.1, -0.05) is 0 Å². The fourth-order valence-electron chi connectivity index (χ4n) is 2.93. The highest BCUT2D eigenvalue weighted by molar-refractivity contribution is 5.81. The number of nitrogens with zero attached hydrogens (tertiary/aromatic N) is 2. The second kappa shape index (κ2) is 11.1. The van der Waals surface area contributed by atoms with Crippen molar-refractivity contribution in [3.8, 4) is 0 Å². The summed E-state index contributed by atoms with van der Waals surface area (Å²) in [4.78, 5) is 36.5. The molecule has 0 aromatic rings. The van der Waals surface area contributed by atoms with E-state index in [2.05, 4.69) is 10.7 Å². The molecule has 0 aromatic heterocycles. The SMILES string of the molecule is CCOC(=O)CC1CCN(C(=O)[C@H](CCCNC(=N)N)N[N+](=O)[O-])CC1. The van der Waals surface area contributed by atoms with E-state index < -0.39 is 11.1 Å². The van der Waals surface area contributed by atoms with Crippen molar-refractivity contribution < 1.29 is 19.4 Å². The highest BCUT2D eigenvalue weighted by Crippen LogP contribution is 2.22. The first-order valence-corrected chi connectivity index (χ1v) is 8.76. The Kier molecular flexibility index (Phi) is 9.17. The van der Waals surface area contributed by atoms with Crippen LogP contribution in [0.2, 0.25) is 0 Å². The number of likely N-dealkylation sites (tertiary alicyclic amines) is 1. The topological polar surface area (TPSA) is 164 Å². The summed E-state index contributed by atoms with van der Waals surface area (Å²) in [6.07, 6.45) is 2.38. The summed E-state index contributed by atoms with van der Waals surface area (Å²) >= 11 is 0. The second-order valence-electron chi connectivity index (χ2n) is 6.20. The fraction of sp³-hybridized carbons (Fsp3) is 0.800. The van der Waals surface area contributed by atoms with E-state index in [1.807, 2.05) is 0 Å². The number of carbonyl (C=O) groups is 2. The molecule has 1 rings (SSSR count). The van der Waals surface area contributed by atoms with Crippen LogP contribution in [0.3, 0.4) is 0 Å². The van der Waals surface area contributed by atoms with Crippen molar-refractivity contribution in [3.05, 3.63) is 10.1 Å². The van der Waals surface area contributed by atoms with Gasteiger partial charge in [0, 0.05) is 26.1 Å². The van der Waals surface area contributed by atoms with E-state index in [-0.39, 0.29) is 30.2 Å². The molecule has 11 nitrogen and oxygen atoms in total. The lowest BCUT2D eigenvalue weighted by Gasteiger charge is -2.33. The summed E-state index contributed by atoms with van der Waals surface area (Å²) in [5.41, 5.74) is 7.24. The predicted molar refractivity (Wildman–Crippen MR) is 93.6 cm³/mol. The van der Waals surface area contributed by atoms with E-state index in [0.717, 1.165) is 0 Å². The van der Waals surface area contributed by atoms with Crippen molar-refractivity contribution in [2.45, 2.75) is 45.1 Å². The molecule has 1 fully saturated rings. The molecule has 0 aromatic carbocycles. The number of nitrogens with one attached hydrogen (secondary N) is 3. The van der Waals surface area contributed by atoms with Gasteiger partial charge in [-0.3, -0.25) is 15.0 Å². The molecule has 1 heterocycles. The van der Waals surface area contributed by atoms with Gasteiger partial charge in [-0.25, -0.2) is 10.1 Å². The van der Waals surface area contributed by atoms with Crippen LogP contribution in [0.5, 0.6) is 0 Å². The molecular weight excluding hydrogens is 344 g/mol. The van der Waals surface area contributed by atoms with Crippen molar-refractivity contribution in [2.75, 3.05) is 26.2 Å². The first kappa shape index (κ1) is 21.5. The number of hydrogen-bond donors (Lipinski definition) is 4.